The summed E-state index contributed by atoms with van der Waals surface area (Å²) in [6.45, 7) is 0. The predicted octanol–water partition coefficient (Wildman–Crippen LogP) is 2.99. The molecule has 7 nitrogen and oxygen atoms in total. The fraction of sp³-hybridized carbons (Fsp3) is 0.636. The third-order valence-electron chi connectivity index (χ3n) is 8.37. The minimum absolute atomic E-state index is 0.0325. The SMILES string of the molecule is NC(=O)C12CC3CC(C1)C(NC(=O)C1(NS(=O)(=O)c4cccc(Cl)c4Cl)CCCC1)C2C3. The summed E-state index contributed by atoms with van der Waals surface area (Å²) in [7, 11) is -4.08. The zero-order chi connectivity index (χ0) is 22.9. The van der Waals surface area contributed by atoms with Crippen molar-refractivity contribution in [2.45, 2.75) is 67.8 Å². The maximum atomic E-state index is 13.6. The Balaban J connectivity index is 1.40. The molecule has 6 rings (SSSR count). The van der Waals surface area contributed by atoms with Gasteiger partial charge in [-0.15, -0.1) is 0 Å². The molecular weight excluding hydrogens is 473 g/mol. The van der Waals surface area contributed by atoms with Crippen LogP contribution in [0.5, 0.6) is 0 Å². The molecule has 0 aromatic heterocycles. The Labute approximate surface area is 197 Å². The molecule has 5 fully saturated rings. The van der Waals surface area contributed by atoms with E-state index in [4.69, 9.17) is 28.9 Å². The summed E-state index contributed by atoms with van der Waals surface area (Å²) in [4.78, 5) is 25.8. The number of nitrogens with two attached hydrogens (primary N) is 1. The molecule has 0 radical (unpaired) electrons. The van der Waals surface area contributed by atoms with Crippen LogP contribution in [0.3, 0.4) is 0 Å². The number of hydrogen-bond donors (Lipinski definition) is 3. The quantitative estimate of drug-likeness (QED) is 0.557. The normalized spacial score (nSPS) is 34.7. The molecule has 32 heavy (non-hydrogen) atoms. The number of nitrogens with one attached hydrogen (secondary N) is 2. The summed E-state index contributed by atoms with van der Waals surface area (Å²) >= 11 is 12.2. The molecule has 1 aromatic carbocycles. The lowest BCUT2D eigenvalue weighted by molar-refractivity contribution is -0.131. The van der Waals surface area contributed by atoms with Gasteiger partial charge in [0.15, 0.2) is 0 Å². The predicted molar refractivity (Wildman–Crippen MR) is 120 cm³/mol. The van der Waals surface area contributed by atoms with Crippen molar-refractivity contribution >= 4 is 45.0 Å². The Morgan fingerprint density at radius 2 is 1.81 bits per heavy atom. The number of primary amides is 1. The van der Waals surface area contributed by atoms with Crippen molar-refractivity contribution in [1.29, 1.82) is 0 Å². The van der Waals surface area contributed by atoms with Crippen molar-refractivity contribution in [3.05, 3.63) is 28.2 Å². The maximum Gasteiger partial charge on any atom is 0.243 e. The van der Waals surface area contributed by atoms with E-state index in [2.05, 4.69) is 10.0 Å². The fourth-order valence-corrected chi connectivity index (χ4v) is 9.26. The lowest BCUT2D eigenvalue weighted by Crippen LogP contribution is -2.60. The van der Waals surface area contributed by atoms with Gasteiger partial charge in [-0.05, 0) is 68.4 Å². The van der Waals surface area contributed by atoms with E-state index < -0.39 is 21.0 Å². The minimum Gasteiger partial charge on any atom is -0.369 e. The van der Waals surface area contributed by atoms with Crippen LogP contribution >= 0.6 is 23.2 Å². The molecule has 0 aliphatic heterocycles. The highest BCUT2D eigenvalue weighted by Crippen LogP contribution is 2.65. The van der Waals surface area contributed by atoms with Crippen molar-refractivity contribution in [2.24, 2.45) is 28.9 Å². The molecule has 2 amide bonds. The zero-order valence-corrected chi connectivity index (χ0v) is 19.9. The molecule has 0 spiro atoms. The molecular formula is C22H27Cl2N3O4S. The van der Waals surface area contributed by atoms with Gasteiger partial charge in [-0.1, -0.05) is 42.1 Å². The number of rotatable bonds is 6. The molecule has 5 aliphatic carbocycles. The first-order valence-corrected chi connectivity index (χ1v) is 13.4. The van der Waals surface area contributed by atoms with E-state index in [1.165, 1.54) is 18.2 Å². The largest absolute Gasteiger partial charge is 0.369 e. The zero-order valence-electron chi connectivity index (χ0n) is 17.6. The van der Waals surface area contributed by atoms with E-state index in [1.807, 2.05) is 0 Å². The van der Waals surface area contributed by atoms with Gasteiger partial charge in [-0.25, -0.2) is 8.42 Å². The summed E-state index contributed by atoms with van der Waals surface area (Å²) in [6, 6.07) is 4.26. The first-order chi connectivity index (χ1) is 15.1. The number of halogens is 2. The van der Waals surface area contributed by atoms with Crippen LogP contribution in [0.4, 0.5) is 0 Å². The van der Waals surface area contributed by atoms with Gasteiger partial charge >= 0.3 is 0 Å². The van der Waals surface area contributed by atoms with E-state index in [-0.39, 0.29) is 44.6 Å². The molecule has 174 valence electrons. The smallest absolute Gasteiger partial charge is 0.243 e. The molecule has 10 heteroatoms. The Kier molecular flexibility index (Phi) is 5.32. The monoisotopic (exact) mass is 499 g/mol. The number of amides is 2. The van der Waals surface area contributed by atoms with Gasteiger partial charge in [0.05, 0.1) is 15.5 Å². The van der Waals surface area contributed by atoms with Gasteiger partial charge in [0.2, 0.25) is 21.8 Å². The van der Waals surface area contributed by atoms with Crippen LogP contribution in [-0.2, 0) is 19.6 Å². The van der Waals surface area contributed by atoms with Crippen LogP contribution < -0.4 is 15.8 Å². The summed E-state index contributed by atoms with van der Waals surface area (Å²) in [6.07, 6.45) is 5.68. The highest BCUT2D eigenvalue weighted by molar-refractivity contribution is 7.89. The molecule has 5 aliphatic rings. The first kappa shape index (κ1) is 22.4. The van der Waals surface area contributed by atoms with Crippen molar-refractivity contribution in [3.63, 3.8) is 0 Å². The standard InChI is InChI=1S/C22H27Cl2N3O4S/c23-15-4-3-5-16(17(15)24)32(30,31)27-22(6-1-2-7-22)20(29)26-18-13-8-12-9-14(18)21(10-12,11-13)19(25)28/h3-5,12-14,18,27H,1-2,6-11H2,(H2,25,28)(H,26,29). The number of sulfonamides is 1. The third-order valence-corrected chi connectivity index (χ3v) is 10.9. The lowest BCUT2D eigenvalue weighted by Gasteiger charge is -2.36. The van der Waals surface area contributed by atoms with Crippen molar-refractivity contribution < 1.29 is 18.0 Å². The van der Waals surface area contributed by atoms with E-state index in [9.17, 15) is 18.0 Å². The van der Waals surface area contributed by atoms with Crippen LogP contribution in [-0.4, -0.2) is 31.8 Å². The van der Waals surface area contributed by atoms with Crippen LogP contribution in [0.1, 0.15) is 51.4 Å². The van der Waals surface area contributed by atoms with Gasteiger partial charge in [0.1, 0.15) is 10.4 Å². The molecule has 4 N–H and O–H groups in total. The number of carbonyl (C=O) groups is 2. The summed E-state index contributed by atoms with van der Waals surface area (Å²) < 4.78 is 29.1. The van der Waals surface area contributed by atoms with Gasteiger partial charge < -0.3 is 11.1 Å². The molecule has 0 saturated heterocycles. The van der Waals surface area contributed by atoms with Crippen molar-refractivity contribution in [2.75, 3.05) is 0 Å². The van der Waals surface area contributed by atoms with Gasteiger partial charge in [-0.3, -0.25) is 9.59 Å². The molecule has 1 aromatic rings. The molecule has 5 unspecified atom stereocenters. The summed E-state index contributed by atoms with van der Waals surface area (Å²) in [5.74, 6) is 0.144. The second-order valence-electron chi connectivity index (χ2n) is 10.1. The fourth-order valence-electron chi connectivity index (χ4n) is 7.07. The van der Waals surface area contributed by atoms with Crippen molar-refractivity contribution in [1.82, 2.24) is 10.0 Å². The Morgan fingerprint density at radius 3 is 2.50 bits per heavy atom. The molecule has 5 atom stereocenters. The Bertz CT molecular complexity index is 1090. The van der Waals surface area contributed by atoms with Crippen LogP contribution in [0, 0.1) is 23.2 Å². The Hall–Kier alpha value is -1.35. The summed E-state index contributed by atoms with van der Waals surface area (Å²) in [5, 5.41) is 3.24. The maximum absolute atomic E-state index is 13.6. The highest BCUT2D eigenvalue weighted by Gasteiger charge is 2.66. The van der Waals surface area contributed by atoms with Crippen LogP contribution in [0.15, 0.2) is 23.1 Å². The van der Waals surface area contributed by atoms with Gasteiger partial charge in [0, 0.05) is 6.04 Å². The average Bonchev–Trinajstić information content (AvgIpc) is 3.35. The Morgan fingerprint density at radius 1 is 1.09 bits per heavy atom. The topological polar surface area (TPSA) is 118 Å². The van der Waals surface area contributed by atoms with Crippen LogP contribution in [0.25, 0.3) is 0 Å². The number of carbonyl (C=O) groups excluding carboxylic acids is 2. The molecule has 4 bridgehead atoms. The lowest BCUT2D eigenvalue weighted by atomic mass is 9.75. The second kappa shape index (κ2) is 7.58. The van der Waals surface area contributed by atoms with Gasteiger partial charge in [-0.2, -0.15) is 4.72 Å². The molecule has 5 saturated carbocycles. The third kappa shape index (κ3) is 3.29. The molecule has 0 heterocycles. The van der Waals surface area contributed by atoms with E-state index in [0.29, 0.717) is 25.2 Å². The second-order valence-corrected chi connectivity index (χ2v) is 12.5. The average molecular weight is 500 g/mol. The highest BCUT2D eigenvalue weighted by atomic mass is 35.5. The summed E-state index contributed by atoms with van der Waals surface area (Å²) in [5.41, 5.74) is 4.03. The van der Waals surface area contributed by atoms with E-state index in [1.54, 1.807) is 0 Å². The van der Waals surface area contributed by atoms with E-state index in [0.717, 1.165) is 32.1 Å². The van der Waals surface area contributed by atoms with Crippen LogP contribution in [0.2, 0.25) is 10.0 Å². The van der Waals surface area contributed by atoms with Gasteiger partial charge in [0.25, 0.3) is 0 Å². The van der Waals surface area contributed by atoms with Crippen molar-refractivity contribution in [3.8, 4) is 0 Å². The number of hydrogen-bond acceptors (Lipinski definition) is 4. The van der Waals surface area contributed by atoms with E-state index >= 15 is 0 Å². The minimum atomic E-state index is -4.08. The number of benzene rings is 1. The first-order valence-electron chi connectivity index (χ1n) is 11.2.